The molecule has 6 nitrogen and oxygen atoms in total. The van der Waals surface area contributed by atoms with E-state index in [-0.39, 0.29) is 11.7 Å². The Hall–Kier alpha value is -4.03. The lowest BCUT2D eigenvalue weighted by molar-refractivity contribution is -0.116. The minimum Gasteiger partial charge on any atom is -0.508 e. The normalized spacial score (nSPS) is 12.9. The molecule has 1 heterocycles. The summed E-state index contributed by atoms with van der Waals surface area (Å²) in [4.78, 5) is 22.4. The van der Waals surface area contributed by atoms with Crippen LogP contribution in [-0.4, -0.2) is 26.1 Å². The van der Waals surface area contributed by atoms with Crippen LogP contribution in [0.3, 0.4) is 0 Å². The SMILES string of the molecule is O=C(CCCc1ccccc1)Nc1nc2c(nc1C(O)c1ccccc1)-c1ccc(O)cc1CC2. The van der Waals surface area contributed by atoms with Crippen LogP contribution in [0.4, 0.5) is 5.82 Å². The minimum atomic E-state index is -1.05. The Kier molecular flexibility index (Phi) is 6.55. The fourth-order valence-corrected chi connectivity index (χ4v) is 4.51. The van der Waals surface area contributed by atoms with Crippen molar-refractivity contribution in [1.29, 1.82) is 0 Å². The van der Waals surface area contributed by atoms with Gasteiger partial charge in [0.2, 0.25) is 5.91 Å². The van der Waals surface area contributed by atoms with Gasteiger partial charge in [-0.1, -0.05) is 60.7 Å². The highest BCUT2D eigenvalue weighted by Crippen LogP contribution is 2.36. The fraction of sp³-hybridized carbons (Fsp3) is 0.207. The number of benzene rings is 3. The number of nitrogens with zero attached hydrogens (tertiary/aromatic N) is 2. The van der Waals surface area contributed by atoms with Gasteiger partial charge < -0.3 is 15.5 Å². The van der Waals surface area contributed by atoms with Gasteiger partial charge in [0, 0.05) is 12.0 Å². The molecule has 0 aliphatic heterocycles. The number of fused-ring (bicyclic) bond motifs is 3. The molecule has 1 aliphatic rings. The molecule has 1 atom stereocenters. The standard InChI is InChI=1S/C29H27N3O3/c33-22-15-16-23-21(18-22)14-17-24-26(23)32-27(28(35)20-11-5-2-6-12-20)29(30-24)31-25(34)13-7-10-19-8-3-1-4-9-19/h1-6,8-9,11-12,15-16,18,28,33,35H,7,10,13-14,17H2,(H,30,31,34). The number of aromatic nitrogens is 2. The molecule has 1 unspecified atom stereocenters. The third-order valence-corrected chi connectivity index (χ3v) is 6.31. The van der Waals surface area contributed by atoms with E-state index in [2.05, 4.69) is 17.4 Å². The summed E-state index contributed by atoms with van der Waals surface area (Å²) < 4.78 is 0. The van der Waals surface area contributed by atoms with E-state index in [0.29, 0.717) is 42.0 Å². The molecule has 3 aromatic carbocycles. The Bertz CT molecular complexity index is 1340. The van der Waals surface area contributed by atoms with E-state index in [1.165, 1.54) is 5.56 Å². The smallest absolute Gasteiger partial charge is 0.225 e. The lowest BCUT2D eigenvalue weighted by Crippen LogP contribution is -2.20. The zero-order chi connectivity index (χ0) is 24.2. The van der Waals surface area contributed by atoms with Crippen LogP contribution < -0.4 is 5.32 Å². The number of phenolic OH excluding ortho intramolecular Hbond substituents is 1. The lowest BCUT2D eigenvalue weighted by Gasteiger charge is -2.23. The molecular weight excluding hydrogens is 438 g/mol. The van der Waals surface area contributed by atoms with E-state index < -0.39 is 6.10 Å². The van der Waals surface area contributed by atoms with Gasteiger partial charge in [-0.2, -0.15) is 0 Å². The molecule has 5 rings (SSSR count). The fourth-order valence-electron chi connectivity index (χ4n) is 4.51. The second kappa shape index (κ2) is 10.1. The van der Waals surface area contributed by atoms with E-state index in [1.807, 2.05) is 54.6 Å². The number of nitrogens with one attached hydrogen (secondary N) is 1. The van der Waals surface area contributed by atoms with Gasteiger partial charge in [-0.15, -0.1) is 0 Å². The maximum absolute atomic E-state index is 12.8. The van der Waals surface area contributed by atoms with Crippen molar-refractivity contribution in [2.24, 2.45) is 0 Å². The summed E-state index contributed by atoms with van der Waals surface area (Å²) in [6, 6.07) is 24.5. The molecule has 0 bridgehead atoms. The average molecular weight is 466 g/mol. The number of amides is 1. The number of phenols is 1. The summed E-state index contributed by atoms with van der Waals surface area (Å²) in [5.74, 6) is 0.356. The van der Waals surface area contributed by atoms with Gasteiger partial charge in [-0.05, 0) is 60.6 Å². The number of carbonyl (C=O) groups is 1. The monoisotopic (exact) mass is 465 g/mol. The van der Waals surface area contributed by atoms with E-state index in [4.69, 9.17) is 9.97 Å². The zero-order valence-electron chi connectivity index (χ0n) is 19.3. The molecular formula is C29H27N3O3. The van der Waals surface area contributed by atoms with Gasteiger partial charge in [-0.3, -0.25) is 4.79 Å². The van der Waals surface area contributed by atoms with Crippen LogP contribution in [-0.2, 0) is 24.1 Å². The first-order chi connectivity index (χ1) is 17.1. The molecule has 1 aliphatic carbocycles. The van der Waals surface area contributed by atoms with Gasteiger partial charge in [0.1, 0.15) is 17.5 Å². The predicted octanol–water partition coefficient (Wildman–Crippen LogP) is 4.99. The van der Waals surface area contributed by atoms with Gasteiger partial charge in [0.25, 0.3) is 0 Å². The summed E-state index contributed by atoms with van der Waals surface area (Å²) in [6.45, 7) is 0. The van der Waals surface area contributed by atoms with Gasteiger partial charge in [0.05, 0.1) is 11.4 Å². The summed E-state index contributed by atoms with van der Waals surface area (Å²) in [5.41, 5.74) is 5.50. The van der Waals surface area contributed by atoms with Crippen molar-refractivity contribution in [3.8, 4) is 17.0 Å². The minimum absolute atomic E-state index is 0.155. The number of carbonyl (C=O) groups excluding carboxylic acids is 1. The largest absolute Gasteiger partial charge is 0.508 e. The second-order valence-corrected chi connectivity index (χ2v) is 8.79. The van der Waals surface area contributed by atoms with Crippen molar-refractivity contribution < 1.29 is 15.0 Å². The van der Waals surface area contributed by atoms with Crippen LogP contribution in [0.2, 0.25) is 0 Å². The van der Waals surface area contributed by atoms with Crippen LogP contribution in [0.1, 0.15) is 47.0 Å². The molecule has 0 spiro atoms. The molecule has 1 aromatic heterocycles. The Balaban J connectivity index is 1.44. The number of anilines is 1. The van der Waals surface area contributed by atoms with Crippen molar-refractivity contribution in [2.75, 3.05) is 5.32 Å². The van der Waals surface area contributed by atoms with Gasteiger partial charge in [0.15, 0.2) is 5.82 Å². The summed E-state index contributed by atoms with van der Waals surface area (Å²) in [7, 11) is 0. The van der Waals surface area contributed by atoms with Crippen LogP contribution in [0.5, 0.6) is 5.75 Å². The molecule has 3 N–H and O–H groups in total. The highest BCUT2D eigenvalue weighted by molar-refractivity contribution is 5.90. The molecule has 4 aromatic rings. The maximum atomic E-state index is 12.8. The van der Waals surface area contributed by atoms with Crippen LogP contribution in [0, 0.1) is 0 Å². The van der Waals surface area contributed by atoms with E-state index in [0.717, 1.165) is 29.7 Å². The average Bonchev–Trinajstić information content (AvgIpc) is 2.89. The van der Waals surface area contributed by atoms with E-state index in [1.54, 1.807) is 12.1 Å². The van der Waals surface area contributed by atoms with Gasteiger partial charge in [-0.25, -0.2) is 9.97 Å². The van der Waals surface area contributed by atoms with Crippen molar-refractivity contribution in [3.05, 3.63) is 107 Å². The van der Waals surface area contributed by atoms with Crippen LogP contribution in [0.25, 0.3) is 11.3 Å². The van der Waals surface area contributed by atoms with E-state index in [9.17, 15) is 15.0 Å². The number of hydrogen-bond acceptors (Lipinski definition) is 5. The first-order valence-corrected chi connectivity index (χ1v) is 11.9. The first kappa shape index (κ1) is 22.7. The van der Waals surface area contributed by atoms with Crippen molar-refractivity contribution in [3.63, 3.8) is 0 Å². The van der Waals surface area contributed by atoms with Crippen molar-refractivity contribution >= 4 is 11.7 Å². The van der Waals surface area contributed by atoms with Crippen LogP contribution in [0.15, 0.2) is 78.9 Å². The Labute approximate surface area is 204 Å². The van der Waals surface area contributed by atoms with Crippen LogP contribution >= 0.6 is 0 Å². The van der Waals surface area contributed by atoms with E-state index >= 15 is 0 Å². The molecule has 0 saturated carbocycles. The Morgan fingerprint density at radius 1 is 0.943 bits per heavy atom. The summed E-state index contributed by atoms with van der Waals surface area (Å²) in [5, 5.41) is 24.0. The number of aromatic hydroxyl groups is 1. The number of aliphatic hydroxyl groups is 1. The predicted molar refractivity (Wildman–Crippen MR) is 135 cm³/mol. The molecule has 0 saturated heterocycles. The molecule has 0 fully saturated rings. The highest BCUT2D eigenvalue weighted by atomic mass is 16.3. The number of aryl methyl sites for hydroxylation is 3. The van der Waals surface area contributed by atoms with Crippen molar-refractivity contribution in [2.45, 2.75) is 38.2 Å². The topological polar surface area (TPSA) is 95.3 Å². The highest BCUT2D eigenvalue weighted by Gasteiger charge is 2.26. The lowest BCUT2D eigenvalue weighted by atomic mass is 9.91. The molecule has 6 heteroatoms. The maximum Gasteiger partial charge on any atom is 0.225 e. The van der Waals surface area contributed by atoms with Crippen molar-refractivity contribution in [1.82, 2.24) is 9.97 Å². The molecule has 176 valence electrons. The Morgan fingerprint density at radius 3 is 2.46 bits per heavy atom. The number of aliphatic hydroxyl groups excluding tert-OH is 1. The number of hydrogen-bond donors (Lipinski definition) is 3. The number of rotatable bonds is 7. The second-order valence-electron chi connectivity index (χ2n) is 8.79. The Morgan fingerprint density at radius 2 is 1.69 bits per heavy atom. The molecule has 35 heavy (non-hydrogen) atoms. The molecule has 0 radical (unpaired) electrons. The first-order valence-electron chi connectivity index (χ1n) is 11.9. The van der Waals surface area contributed by atoms with Gasteiger partial charge >= 0.3 is 0 Å². The summed E-state index contributed by atoms with van der Waals surface area (Å²) in [6.07, 6.45) is 2.18. The summed E-state index contributed by atoms with van der Waals surface area (Å²) >= 11 is 0. The zero-order valence-corrected chi connectivity index (χ0v) is 19.3. The third-order valence-electron chi connectivity index (χ3n) is 6.31. The molecule has 1 amide bonds. The third kappa shape index (κ3) is 5.08. The quantitative estimate of drug-likeness (QED) is 0.357.